The molecule has 0 fully saturated rings. The molecule has 1 aromatic rings. The highest BCUT2D eigenvalue weighted by Crippen LogP contribution is 2.12. The standard InChI is InChI=1S/C13H21N3O/c1-3-5-11(8-14)13(17)16-10(2)12-6-4-7-15-9-12/h4,6-7,9-11H,3,5,8,14H2,1-2H3,(H,16,17). The Bertz CT molecular complexity index is 340. The van der Waals surface area contributed by atoms with E-state index in [1.165, 1.54) is 0 Å². The third-order valence-corrected chi connectivity index (χ3v) is 2.84. The van der Waals surface area contributed by atoms with Gasteiger partial charge >= 0.3 is 0 Å². The summed E-state index contributed by atoms with van der Waals surface area (Å²) in [7, 11) is 0. The number of carbonyl (C=O) groups is 1. The van der Waals surface area contributed by atoms with Crippen molar-refractivity contribution in [2.45, 2.75) is 32.7 Å². The van der Waals surface area contributed by atoms with Crippen LogP contribution in [-0.4, -0.2) is 17.4 Å². The van der Waals surface area contributed by atoms with Crippen molar-refractivity contribution in [3.8, 4) is 0 Å². The van der Waals surface area contributed by atoms with Crippen molar-refractivity contribution in [2.75, 3.05) is 6.54 Å². The second-order valence-corrected chi connectivity index (χ2v) is 4.24. The fourth-order valence-electron chi connectivity index (χ4n) is 1.75. The van der Waals surface area contributed by atoms with Crippen molar-refractivity contribution in [3.05, 3.63) is 30.1 Å². The molecule has 1 rings (SSSR count). The Balaban J connectivity index is 2.56. The predicted octanol–water partition coefficient (Wildman–Crippen LogP) is 1.63. The van der Waals surface area contributed by atoms with Gasteiger partial charge in [-0.3, -0.25) is 9.78 Å². The summed E-state index contributed by atoms with van der Waals surface area (Å²) >= 11 is 0. The SMILES string of the molecule is CCCC(CN)C(=O)NC(C)c1cccnc1. The van der Waals surface area contributed by atoms with Gasteiger partial charge in [-0.15, -0.1) is 0 Å². The normalized spacial score (nSPS) is 14.1. The number of nitrogens with two attached hydrogens (primary N) is 1. The van der Waals surface area contributed by atoms with Gasteiger partial charge in [-0.05, 0) is 25.0 Å². The number of carbonyl (C=O) groups excluding carboxylic acids is 1. The molecule has 0 spiro atoms. The van der Waals surface area contributed by atoms with Gasteiger partial charge in [-0.2, -0.15) is 0 Å². The topological polar surface area (TPSA) is 68.0 Å². The smallest absolute Gasteiger partial charge is 0.224 e. The number of nitrogens with one attached hydrogen (secondary N) is 1. The first kappa shape index (κ1) is 13.6. The molecule has 1 heterocycles. The quantitative estimate of drug-likeness (QED) is 0.787. The van der Waals surface area contributed by atoms with Gasteiger partial charge in [0.25, 0.3) is 0 Å². The van der Waals surface area contributed by atoms with E-state index < -0.39 is 0 Å². The lowest BCUT2D eigenvalue weighted by Crippen LogP contribution is -2.36. The monoisotopic (exact) mass is 235 g/mol. The molecule has 94 valence electrons. The maximum absolute atomic E-state index is 11.9. The summed E-state index contributed by atoms with van der Waals surface area (Å²) in [6, 6.07) is 3.79. The van der Waals surface area contributed by atoms with E-state index in [9.17, 15) is 4.79 Å². The zero-order valence-electron chi connectivity index (χ0n) is 10.5. The van der Waals surface area contributed by atoms with Gasteiger partial charge < -0.3 is 11.1 Å². The van der Waals surface area contributed by atoms with Crippen LogP contribution in [0.4, 0.5) is 0 Å². The van der Waals surface area contributed by atoms with Crippen molar-refractivity contribution < 1.29 is 4.79 Å². The number of pyridine rings is 1. The lowest BCUT2D eigenvalue weighted by Gasteiger charge is -2.18. The highest BCUT2D eigenvalue weighted by atomic mass is 16.1. The van der Waals surface area contributed by atoms with Crippen molar-refractivity contribution >= 4 is 5.91 Å². The number of nitrogens with zero attached hydrogens (tertiary/aromatic N) is 1. The van der Waals surface area contributed by atoms with Crippen LogP contribution in [0.25, 0.3) is 0 Å². The summed E-state index contributed by atoms with van der Waals surface area (Å²) in [6.45, 7) is 4.41. The molecule has 0 saturated carbocycles. The third kappa shape index (κ3) is 4.15. The molecule has 0 aromatic carbocycles. The molecule has 1 aromatic heterocycles. The zero-order chi connectivity index (χ0) is 12.7. The Morgan fingerprint density at radius 1 is 1.59 bits per heavy atom. The van der Waals surface area contributed by atoms with Crippen LogP contribution in [0.15, 0.2) is 24.5 Å². The first-order valence-corrected chi connectivity index (χ1v) is 6.09. The van der Waals surface area contributed by atoms with Gasteiger partial charge in [0, 0.05) is 18.9 Å². The Kier molecular flexibility index (Phi) is 5.63. The first-order valence-electron chi connectivity index (χ1n) is 6.09. The molecule has 3 N–H and O–H groups in total. The molecule has 0 aliphatic heterocycles. The lowest BCUT2D eigenvalue weighted by molar-refractivity contribution is -0.125. The molecule has 0 radical (unpaired) electrons. The van der Waals surface area contributed by atoms with Crippen LogP contribution in [0.5, 0.6) is 0 Å². The fourth-order valence-corrected chi connectivity index (χ4v) is 1.75. The van der Waals surface area contributed by atoms with E-state index in [-0.39, 0.29) is 17.9 Å². The van der Waals surface area contributed by atoms with E-state index in [0.717, 1.165) is 18.4 Å². The first-order chi connectivity index (χ1) is 8.19. The number of aromatic nitrogens is 1. The molecule has 4 nitrogen and oxygen atoms in total. The molecule has 0 aliphatic carbocycles. The largest absolute Gasteiger partial charge is 0.349 e. The van der Waals surface area contributed by atoms with Gasteiger partial charge in [-0.25, -0.2) is 0 Å². The molecule has 0 aliphatic rings. The predicted molar refractivity (Wildman–Crippen MR) is 68.2 cm³/mol. The van der Waals surface area contributed by atoms with Crippen LogP contribution in [-0.2, 0) is 4.79 Å². The minimum absolute atomic E-state index is 0.0258. The van der Waals surface area contributed by atoms with E-state index >= 15 is 0 Å². The Morgan fingerprint density at radius 2 is 2.35 bits per heavy atom. The van der Waals surface area contributed by atoms with Crippen molar-refractivity contribution in [2.24, 2.45) is 11.7 Å². The second-order valence-electron chi connectivity index (χ2n) is 4.24. The Morgan fingerprint density at radius 3 is 2.88 bits per heavy atom. The summed E-state index contributed by atoms with van der Waals surface area (Å²) < 4.78 is 0. The van der Waals surface area contributed by atoms with Gasteiger partial charge in [0.15, 0.2) is 0 Å². The number of amides is 1. The van der Waals surface area contributed by atoms with Gasteiger partial charge in [0.05, 0.1) is 12.0 Å². The van der Waals surface area contributed by atoms with Crippen molar-refractivity contribution in [3.63, 3.8) is 0 Å². The van der Waals surface area contributed by atoms with Gasteiger partial charge in [0.2, 0.25) is 5.91 Å². The van der Waals surface area contributed by atoms with Crippen LogP contribution in [0.1, 0.15) is 38.3 Å². The lowest BCUT2D eigenvalue weighted by atomic mass is 10.0. The third-order valence-electron chi connectivity index (χ3n) is 2.84. The second kappa shape index (κ2) is 7.01. The van der Waals surface area contributed by atoms with Gasteiger partial charge in [0.1, 0.15) is 0 Å². The maximum atomic E-state index is 11.9. The van der Waals surface area contributed by atoms with E-state index in [0.29, 0.717) is 6.54 Å². The van der Waals surface area contributed by atoms with Crippen molar-refractivity contribution in [1.29, 1.82) is 0 Å². The van der Waals surface area contributed by atoms with Crippen LogP contribution in [0.3, 0.4) is 0 Å². The van der Waals surface area contributed by atoms with E-state index in [2.05, 4.69) is 17.2 Å². The van der Waals surface area contributed by atoms with Crippen LogP contribution in [0.2, 0.25) is 0 Å². The highest BCUT2D eigenvalue weighted by molar-refractivity contribution is 5.79. The van der Waals surface area contributed by atoms with E-state index in [4.69, 9.17) is 5.73 Å². The van der Waals surface area contributed by atoms with E-state index in [1.807, 2.05) is 19.1 Å². The molecule has 0 bridgehead atoms. The molecule has 1 amide bonds. The fraction of sp³-hybridized carbons (Fsp3) is 0.538. The average Bonchev–Trinajstić information content (AvgIpc) is 2.36. The maximum Gasteiger partial charge on any atom is 0.224 e. The molecular weight excluding hydrogens is 214 g/mol. The summed E-state index contributed by atoms with van der Waals surface area (Å²) in [5.74, 6) is -0.0511. The molecular formula is C13H21N3O. The highest BCUT2D eigenvalue weighted by Gasteiger charge is 2.18. The van der Waals surface area contributed by atoms with Crippen LogP contribution < -0.4 is 11.1 Å². The number of rotatable bonds is 6. The minimum atomic E-state index is -0.0841. The Hall–Kier alpha value is -1.42. The summed E-state index contributed by atoms with van der Waals surface area (Å²) in [5.41, 5.74) is 6.61. The number of hydrogen-bond donors (Lipinski definition) is 2. The molecule has 2 atom stereocenters. The van der Waals surface area contributed by atoms with Crippen LogP contribution in [0, 0.1) is 5.92 Å². The molecule has 0 saturated heterocycles. The molecule has 4 heteroatoms. The minimum Gasteiger partial charge on any atom is -0.349 e. The molecule has 17 heavy (non-hydrogen) atoms. The van der Waals surface area contributed by atoms with Crippen LogP contribution >= 0.6 is 0 Å². The number of hydrogen-bond acceptors (Lipinski definition) is 3. The summed E-state index contributed by atoms with van der Waals surface area (Å²) in [5, 5.41) is 2.97. The van der Waals surface area contributed by atoms with Crippen molar-refractivity contribution in [1.82, 2.24) is 10.3 Å². The summed E-state index contributed by atoms with van der Waals surface area (Å²) in [4.78, 5) is 16.0. The zero-order valence-corrected chi connectivity index (χ0v) is 10.5. The Labute approximate surface area is 103 Å². The van der Waals surface area contributed by atoms with Gasteiger partial charge in [-0.1, -0.05) is 19.4 Å². The molecule has 2 unspecified atom stereocenters. The van der Waals surface area contributed by atoms with E-state index in [1.54, 1.807) is 12.4 Å². The summed E-state index contributed by atoms with van der Waals surface area (Å²) in [6.07, 6.45) is 5.29. The average molecular weight is 235 g/mol.